The van der Waals surface area contributed by atoms with Gasteiger partial charge in [-0.25, -0.2) is 9.18 Å². The molecule has 1 N–H and O–H groups in total. The van der Waals surface area contributed by atoms with Crippen LogP contribution in [-0.2, 0) is 0 Å². The van der Waals surface area contributed by atoms with Crippen molar-refractivity contribution < 1.29 is 19.1 Å². The number of aromatic carboxylic acids is 1. The molecule has 0 aromatic heterocycles. The lowest BCUT2D eigenvalue weighted by atomic mass is 10.2. The summed E-state index contributed by atoms with van der Waals surface area (Å²) in [4.78, 5) is 20.2. The van der Waals surface area contributed by atoms with E-state index in [0.29, 0.717) is 11.8 Å². The molecule has 0 spiro atoms. The standard InChI is InChI=1S/C7H5FO.C7H6O2/c8-7-4-2-1-3-6(7)5-9;8-7(9)6-4-2-1-3-5-6/h1-5H;1-5H,(H,8,9). The van der Waals surface area contributed by atoms with E-state index in [0.717, 1.165) is 0 Å². The molecule has 0 aliphatic carbocycles. The summed E-state index contributed by atoms with van der Waals surface area (Å²) in [5.41, 5.74) is 0.440. The van der Waals surface area contributed by atoms with E-state index in [9.17, 15) is 14.0 Å². The number of carboxylic acid groups (broad SMARTS) is 1. The fraction of sp³-hybridized carbons (Fsp3) is 0. The van der Waals surface area contributed by atoms with Crippen molar-refractivity contribution >= 4 is 12.3 Å². The minimum absolute atomic E-state index is 0.109. The Bertz CT molecular complexity index is 524. The van der Waals surface area contributed by atoms with Gasteiger partial charge in [0.25, 0.3) is 0 Å². The highest BCUT2D eigenvalue weighted by Crippen LogP contribution is 2.01. The molecule has 0 amide bonds. The van der Waals surface area contributed by atoms with Crippen LogP contribution in [0.2, 0.25) is 0 Å². The van der Waals surface area contributed by atoms with Crippen LogP contribution in [0.4, 0.5) is 4.39 Å². The zero-order valence-electron chi connectivity index (χ0n) is 9.42. The van der Waals surface area contributed by atoms with Gasteiger partial charge in [0.1, 0.15) is 5.82 Å². The van der Waals surface area contributed by atoms with E-state index in [4.69, 9.17) is 5.11 Å². The van der Waals surface area contributed by atoms with E-state index in [1.165, 1.54) is 12.1 Å². The molecule has 2 aromatic rings. The third-order valence-electron chi connectivity index (χ3n) is 2.05. The predicted molar refractivity (Wildman–Crippen MR) is 65.2 cm³/mol. The normalized spacial score (nSPS) is 8.94. The second-order valence-electron chi connectivity index (χ2n) is 3.31. The lowest BCUT2D eigenvalue weighted by Gasteiger charge is -1.88. The van der Waals surface area contributed by atoms with E-state index in [1.54, 1.807) is 42.5 Å². The first kappa shape index (κ1) is 13.6. The molecular formula is C14H11FO3. The van der Waals surface area contributed by atoms with Gasteiger partial charge in [0, 0.05) is 0 Å². The minimum Gasteiger partial charge on any atom is -0.478 e. The van der Waals surface area contributed by atoms with Gasteiger partial charge in [-0.15, -0.1) is 0 Å². The summed E-state index contributed by atoms with van der Waals surface area (Å²) >= 11 is 0. The summed E-state index contributed by atoms with van der Waals surface area (Å²) in [6, 6.07) is 14.1. The monoisotopic (exact) mass is 246 g/mol. The van der Waals surface area contributed by atoms with Gasteiger partial charge in [0.05, 0.1) is 11.1 Å². The molecule has 0 fully saturated rings. The van der Waals surface area contributed by atoms with Crippen molar-refractivity contribution in [3.05, 3.63) is 71.5 Å². The van der Waals surface area contributed by atoms with Gasteiger partial charge < -0.3 is 5.11 Å². The Labute approximate surface area is 104 Å². The van der Waals surface area contributed by atoms with E-state index in [-0.39, 0.29) is 5.56 Å². The molecule has 92 valence electrons. The predicted octanol–water partition coefficient (Wildman–Crippen LogP) is 3.02. The van der Waals surface area contributed by atoms with Gasteiger partial charge in [-0.05, 0) is 24.3 Å². The SMILES string of the molecule is O=C(O)c1ccccc1.O=Cc1ccccc1F. The lowest BCUT2D eigenvalue weighted by Crippen LogP contribution is -1.93. The average Bonchev–Trinajstić information content (AvgIpc) is 2.41. The third kappa shape index (κ3) is 4.17. The molecule has 4 heteroatoms. The molecule has 0 aliphatic heterocycles. The van der Waals surface area contributed by atoms with Crippen molar-refractivity contribution in [2.24, 2.45) is 0 Å². The summed E-state index contributed by atoms with van der Waals surface area (Å²) in [5, 5.41) is 8.38. The van der Waals surface area contributed by atoms with Gasteiger partial charge in [-0.2, -0.15) is 0 Å². The van der Waals surface area contributed by atoms with E-state index in [2.05, 4.69) is 0 Å². The third-order valence-corrected chi connectivity index (χ3v) is 2.05. The Kier molecular flexibility index (Phi) is 5.25. The second kappa shape index (κ2) is 6.96. The fourth-order valence-corrected chi connectivity index (χ4v) is 1.15. The number of carbonyl (C=O) groups is 2. The molecule has 0 saturated carbocycles. The summed E-state index contributed by atoms with van der Waals surface area (Å²) < 4.78 is 12.4. The summed E-state index contributed by atoms with van der Waals surface area (Å²) in [6.07, 6.45) is 0.495. The van der Waals surface area contributed by atoms with E-state index in [1.807, 2.05) is 0 Å². The maximum Gasteiger partial charge on any atom is 0.335 e. The molecule has 2 rings (SSSR count). The average molecular weight is 246 g/mol. The van der Waals surface area contributed by atoms with Crippen LogP contribution >= 0.6 is 0 Å². The van der Waals surface area contributed by atoms with E-state index < -0.39 is 11.8 Å². The number of halogens is 1. The minimum atomic E-state index is -0.879. The van der Waals surface area contributed by atoms with Crippen LogP contribution in [0.5, 0.6) is 0 Å². The largest absolute Gasteiger partial charge is 0.478 e. The smallest absolute Gasteiger partial charge is 0.335 e. The van der Waals surface area contributed by atoms with Crippen LogP contribution in [0.1, 0.15) is 20.7 Å². The summed E-state index contributed by atoms with van der Waals surface area (Å²) in [6.45, 7) is 0. The first-order chi connectivity index (χ1) is 8.65. The number of benzene rings is 2. The zero-order chi connectivity index (χ0) is 13.4. The van der Waals surface area contributed by atoms with Crippen LogP contribution < -0.4 is 0 Å². The van der Waals surface area contributed by atoms with Crippen molar-refractivity contribution in [2.75, 3.05) is 0 Å². The Balaban J connectivity index is 0.000000180. The lowest BCUT2D eigenvalue weighted by molar-refractivity contribution is 0.0696. The number of hydrogen-bond donors (Lipinski definition) is 1. The first-order valence-corrected chi connectivity index (χ1v) is 5.13. The maximum absolute atomic E-state index is 12.4. The first-order valence-electron chi connectivity index (χ1n) is 5.13. The van der Waals surface area contributed by atoms with Crippen LogP contribution in [-0.4, -0.2) is 17.4 Å². The molecule has 0 saturated heterocycles. The number of hydrogen-bond acceptors (Lipinski definition) is 2. The molecule has 2 aromatic carbocycles. The van der Waals surface area contributed by atoms with E-state index >= 15 is 0 Å². The Morgan fingerprint density at radius 3 is 1.94 bits per heavy atom. The van der Waals surface area contributed by atoms with Crippen molar-refractivity contribution in [3.63, 3.8) is 0 Å². The Morgan fingerprint density at radius 1 is 1.00 bits per heavy atom. The van der Waals surface area contributed by atoms with Gasteiger partial charge in [0.15, 0.2) is 6.29 Å². The van der Waals surface area contributed by atoms with Crippen LogP contribution in [0.3, 0.4) is 0 Å². The highest BCUT2D eigenvalue weighted by molar-refractivity contribution is 5.87. The molecule has 0 unspecified atom stereocenters. The highest BCUT2D eigenvalue weighted by Gasteiger charge is 1.96. The molecule has 0 aliphatic rings. The van der Waals surface area contributed by atoms with Gasteiger partial charge in [-0.3, -0.25) is 4.79 Å². The second-order valence-corrected chi connectivity index (χ2v) is 3.31. The maximum atomic E-state index is 12.4. The molecule has 0 bridgehead atoms. The number of rotatable bonds is 2. The Hall–Kier alpha value is -2.49. The number of carbonyl (C=O) groups excluding carboxylic acids is 1. The van der Waals surface area contributed by atoms with Crippen molar-refractivity contribution in [1.29, 1.82) is 0 Å². The number of carboxylic acids is 1. The fourth-order valence-electron chi connectivity index (χ4n) is 1.15. The van der Waals surface area contributed by atoms with Gasteiger partial charge in [0.2, 0.25) is 0 Å². The molecule has 3 nitrogen and oxygen atoms in total. The highest BCUT2D eigenvalue weighted by atomic mass is 19.1. The molecule has 0 heterocycles. The van der Waals surface area contributed by atoms with Crippen molar-refractivity contribution in [3.8, 4) is 0 Å². The molecule has 0 radical (unpaired) electrons. The number of aldehydes is 1. The Morgan fingerprint density at radius 2 is 1.56 bits per heavy atom. The van der Waals surface area contributed by atoms with Crippen LogP contribution in [0.15, 0.2) is 54.6 Å². The molecule has 0 atom stereocenters. The summed E-state index contributed by atoms with van der Waals surface area (Å²) in [7, 11) is 0. The van der Waals surface area contributed by atoms with Crippen molar-refractivity contribution in [2.45, 2.75) is 0 Å². The van der Waals surface area contributed by atoms with Gasteiger partial charge in [-0.1, -0.05) is 30.3 Å². The van der Waals surface area contributed by atoms with Gasteiger partial charge >= 0.3 is 5.97 Å². The topological polar surface area (TPSA) is 54.4 Å². The van der Waals surface area contributed by atoms with Crippen molar-refractivity contribution in [1.82, 2.24) is 0 Å². The zero-order valence-corrected chi connectivity index (χ0v) is 9.42. The summed E-state index contributed by atoms with van der Waals surface area (Å²) in [5.74, 6) is -1.34. The van der Waals surface area contributed by atoms with Crippen LogP contribution in [0, 0.1) is 5.82 Å². The molecular weight excluding hydrogens is 235 g/mol. The molecule has 18 heavy (non-hydrogen) atoms. The quantitative estimate of drug-likeness (QED) is 0.828. The van der Waals surface area contributed by atoms with Crippen LogP contribution in [0.25, 0.3) is 0 Å².